The Labute approximate surface area is 93.2 Å². The molecule has 0 bridgehead atoms. The Bertz CT molecular complexity index is 566. The number of pyridine rings is 1. The van der Waals surface area contributed by atoms with Crippen molar-refractivity contribution in [3.05, 3.63) is 23.8 Å². The highest BCUT2D eigenvalue weighted by atomic mass is 16.7. The lowest BCUT2D eigenvalue weighted by molar-refractivity contribution is 0.174. The van der Waals surface area contributed by atoms with Crippen molar-refractivity contribution in [3.63, 3.8) is 0 Å². The van der Waals surface area contributed by atoms with Gasteiger partial charge >= 0.3 is 0 Å². The minimum absolute atomic E-state index is 0.295. The lowest BCUT2D eigenvalue weighted by atomic mass is 10.1. The van der Waals surface area contributed by atoms with Gasteiger partial charge in [0, 0.05) is 18.5 Å². The lowest BCUT2D eigenvalue weighted by Crippen LogP contribution is -1.94. The Morgan fingerprint density at radius 2 is 1.94 bits per heavy atom. The molecule has 0 atom stereocenters. The number of hydrogen-bond donors (Lipinski definition) is 1. The molecule has 0 radical (unpaired) electrons. The van der Waals surface area contributed by atoms with Crippen LogP contribution in [0.4, 0.5) is 5.82 Å². The Morgan fingerprint density at radius 3 is 2.69 bits per heavy atom. The van der Waals surface area contributed by atoms with Crippen molar-refractivity contribution in [2.75, 3.05) is 19.2 Å². The summed E-state index contributed by atoms with van der Waals surface area (Å²) in [4.78, 5) is 4.49. The number of aryl methyl sites for hydroxylation is 1. The van der Waals surface area contributed by atoms with E-state index in [4.69, 9.17) is 9.47 Å². The molecule has 0 aliphatic carbocycles. The number of benzene rings is 1. The average molecular weight is 216 g/mol. The first kappa shape index (κ1) is 9.27. The van der Waals surface area contributed by atoms with E-state index in [0.717, 1.165) is 28.2 Å². The van der Waals surface area contributed by atoms with E-state index < -0.39 is 0 Å². The number of nitrogens with one attached hydrogen (secondary N) is 1. The molecule has 2 aromatic rings. The van der Waals surface area contributed by atoms with E-state index in [2.05, 4.69) is 17.2 Å². The SMILES string of the molecule is CNc1cc(C)c2cc3c(cc2n1)OCO3. The second-order valence-electron chi connectivity index (χ2n) is 3.80. The van der Waals surface area contributed by atoms with Crippen LogP contribution in [0.1, 0.15) is 5.56 Å². The highest BCUT2D eigenvalue weighted by molar-refractivity contribution is 5.87. The van der Waals surface area contributed by atoms with Crippen LogP contribution >= 0.6 is 0 Å². The Morgan fingerprint density at radius 1 is 1.19 bits per heavy atom. The maximum atomic E-state index is 5.35. The molecule has 0 saturated heterocycles. The zero-order chi connectivity index (χ0) is 11.1. The smallest absolute Gasteiger partial charge is 0.231 e. The highest BCUT2D eigenvalue weighted by Crippen LogP contribution is 2.36. The highest BCUT2D eigenvalue weighted by Gasteiger charge is 2.15. The predicted octanol–water partition coefficient (Wildman–Crippen LogP) is 2.31. The minimum atomic E-state index is 0.295. The third kappa shape index (κ3) is 1.26. The van der Waals surface area contributed by atoms with Gasteiger partial charge in [0.05, 0.1) is 5.52 Å². The van der Waals surface area contributed by atoms with Crippen molar-refractivity contribution in [1.29, 1.82) is 0 Å². The first-order valence-corrected chi connectivity index (χ1v) is 5.16. The summed E-state index contributed by atoms with van der Waals surface area (Å²) in [5.41, 5.74) is 2.10. The Hall–Kier alpha value is -1.97. The topological polar surface area (TPSA) is 43.4 Å². The molecule has 0 amide bonds. The molecule has 1 aliphatic rings. The van der Waals surface area contributed by atoms with Gasteiger partial charge in [-0.1, -0.05) is 0 Å². The third-order valence-electron chi connectivity index (χ3n) is 2.77. The van der Waals surface area contributed by atoms with Crippen LogP contribution in [0.15, 0.2) is 18.2 Å². The molecule has 1 aromatic heterocycles. The van der Waals surface area contributed by atoms with E-state index in [0.29, 0.717) is 6.79 Å². The van der Waals surface area contributed by atoms with E-state index in [1.807, 2.05) is 25.2 Å². The molecule has 2 heterocycles. The maximum absolute atomic E-state index is 5.35. The van der Waals surface area contributed by atoms with Crippen LogP contribution in [0, 0.1) is 6.92 Å². The summed E-state index contributed by atoms with van der Waals surface area (Å²) in [5, 5.41) is 4.14. The molecule has 4 heteroatoms. The summed E-state index contributed by atoms with van der Waals surface area (Å²) < 4.78 is 10.7. The van der Waals surface area contributed by atoms with Crippen LogP contribution < -0.4 is 14.8 Å². The van der Waals surface area contributed by atoms with Gasteiger partial charge in [0.25, 0.3) is 0 Å². The van der Waals surface area contributed by atoms with Crippen LogP contribution in [0.2, 0.25) is 0 Å². The van der Waals surface area contributed by atoms with Crippen molar-refractivity contribution < 1.29 is 9.47 Å². The number of anilines is 1. The average Bonchev–Trinajstić information content (AvgIpc) is 2.73. The van der Waals surface area contributed by atoms with E-state index in [1.165, 1.54) is 5.56 Å². The van der Waals surface area contributed by atoms with Crippen molar-refractivity contribution in [3.8, 4) is 11.5 Å². The molecule has 1 aliphatic heterocycles. The van der Waals surface area contributed by atoms with E-state index in [1.54, 1.807) is 0 Å². The molecular weight excluding hydrogens is 204 g/mol. The second-order valence-corrected chi connectivity index (χ2v) is 3.80. The molecule has 1 N–H and O–H groups in total. The van der Waals surface area contributed by atoms with Crippen LogP contribution in [0.5, 0.6) is 11.5 Å². The van der Waals surface area contributed by atoms with E-state index in [-0.39, 0.29) is 0 Å². The van der Waals surface area contributed by atoms with Crippen molar-refractivity contribution in [2.24, 2.45) is 0 Å². The fourth-order valence-corrected chi connectivity index (χ4v) is 1.91. The van der Waals surface area contributed by atoms with Gasteiger partial charge in [-0.25, -0.2) is 4.98 Å². The van der Waals surface area contributed by atoms with Gasteiger partial charge in [-0.05, 0) is 24.6 Å². The van der Waals surface area contributed by atoms with Crippen LogP contribution in [0.3, 0.4) is 0 Å². The van der Waals surface area contributed by atoms with Gasteiger partial charge in [-0.2, -0.15) is 0 Å². The molecule has 16 heavy (non-hydrogen) atoms. The normalized spacial score (nSPS) is 13.1. The van der Waals surface area contributed by atoms with Gasteiger partial charge < -0.3 is 14.8 Å². The molecular formula is C12H12N2O2. The standard InChI is InChI=1S/C12H12N2O2/c1-7-3-12(13-2)14-9-5-11-10(4-8(7)9)15-6-16-11/h3-5H,6H2,1-2H3,(H,13,14). The van der Waals surface area contributed by atoms with Crippen molar-refractivity contribution >= 4 is 16.7 Å². The summed E-state index contributed by atoms with van der Waals surface area (Å²) in [6, 6.07) is 5.93. The molecule has 0 saturated carbocycles. The van der Waals surface area contributed by atoms with Crippen LogP contribution in [-0.4, -0.2) is 18.8 Å². The number of ether oxygens (including phenoxy) is 2. The molecule has 4 nitrogen and oxygen atoms in total. The third-order valence-corrected chi connectivity index (χ3v) is 2.77. The first-order valence-electron chi connectivity index (χ1n) is 5.16. The summed E-state index contributed by atoms with van der Waals surface area (Å²) in [6.45, 7) is 2.36. The fraction of sp³-hybridized carbons (Fsp3) is 0.250. The number of hydrogen-bond acceptors (Lipinski definition) is 4. The monoisotopic (exact) mass is 216 g/mol. The fourth-order valence-electron chi connectivity index (χ4n) is 1.91. The van der Waals surface area contributed by atoms with Gasteiger partial charge in [-0.15, -0.1) is 0 Å². The zero-order valence-electron chi connectivity index (χ0n) is 9.20. The first-order chi connectivity index (χ1) is 7.78. The van der Waals surface area contributed by atoms with Crippen LogP contribution in [0.25, 0.3) is 10.9 Å². The quantitative estimate of drug-likeness (QED) is 0.794. The minimum Gasteiger partial charge on any atom is -0.454 e. The van der Waals surface area contributed by atoms with E-state index in [9.17, 15) is 0 Å². The molecule has 1 aromatic carbocycles. The maximum Gasteiger partial charge on any atom is 0.231 e. The van der Waals surface area contributed by atoms with Crippen LogP contribution in [-0.2, 0) is 0 Å². The molecule has 0 fully saturated rings. The second kappa shape index (κ2) is 3.27. The lowest BCUT2D eigenvalue weighted by Gasteiger charge is -2.06. The van der Waals surface area contributed by atoms with Gasteiger partial charge in [0.2, 0.25) is 6.79 Å². The zero-order valence-corrected chi connectivity index (χ0v) is 9.20. The number of aromatic nitrogens is 1. The summed E-state index contributed by atoms with van der Waals surface area (Å²) >= 11 is 0. The Kier molecular flexibility index (Phi) is 1.89. The molecule has 82 valence electrons. The molecule has 0 unspecified atom stereocenters. The molecule has 0 spiro atoms. The molecule has 3 rings (SSSR count). The van der Waals surface area contributed by atoms with Crippen molar-refractivity contribution in [2.45, 2.75) is 6.92 Å². The Balaban J connectivity index is 2.31. The van der Waals surface area contributed by atoms with Gasteiger partial charge in [0.1, 0.15) is 5.82 Å². The summed E-state index contributed by atoms with van der Waals surface area (Å²) in [6.07, 6.45) is 0. The van der Waals surface area contributed by atoms with E-state index >= 15 is 0 Å². The number of nitrogens with zero attached hydrogens (tertiary/aromatic N) is 1. The number of rotatable bonds is 1. The predicted molar refractivity (Wildman–Crippen MR) is 62.1 cm³/mol. The summed E-state index contributed by atoms with van der Waals surface area (Å²) in [7, 11) is 1.86. The number of fused-ring (bicyclic) bond motifs is 2. The van der Waals surface area contributed by atoms with Gasteiger partial charge in [-0.3, -0.25) is 0 Å². The largest absolute Gasteiger partial charge is 0.454 e. The van der Waals surface area contributed by atoms with Gasteiger partial charge in [0.15, 0.2) is 11.5 Å². The van der Waals surface area contributed by atoms with Crippen molar-refractivity contribution in [1.82, 2.24) is 4.98 Å². The summed E-state index contributed by atoms with van der Waals surface area (Å²) in [5.74, 6) is 2.44.